The van der Waals surface area contributed by atoms with Gasteiger partial charge in [0.05, 0.1) is 5.56 Å². The maximum atomic E-state index is 11.8. The topological polar surface area (TPSA) is 43.4 Å². The lowest BCUT2D eigenvalue weighted by Gasteiger charge is -2.10. The average molecular weight is 367 g/mol. The summed E-state index contributed by atoms with van der Waals surface area (Å²) in [6.45, 7) is 4.51. The number of ether oxygens (including phenoxy) is 1. The summed E-state index contributed by atoms with van der Waals surface area (Å²) in [6, 6.07) is 6.32. The largest absolute Gasteiger partial charge is 0.389 e. The fourth-order valence-corrected chi connectivity index (χ4v) is 2.93. The van der Waals surface area contributed by atoms with E-state index in [1.54, 1.807) is 24.3 Å². The van der Waals surface area contributed by atoms with Gasteiger partial charge in [0.25, 0.3) is 0 Å². The lowest BCUT2D eigenvalue weighted by Crippen LogP contribution is -2.12. The quantitative estimate of drug-likeness (QED) is 0.238. The van der Waals surface area contributed by atoms with Gasteiger partial charge < -0.3 is 4.74 Å². The predicted octanol–water partition coefficient (Wildman–Crippen LogP) is 6.58. The van der Waals surface area contributed by atoms with Crippen LogP contribution in [0.5, 0.6) is 0 Å². The summed E-state index contributed by atoms with van der Waals surface area (Å²) in [5.74, 6) is -0.359. The van der Waals surface area contributed by atoms with Gasteiger partial charge in [-0.2, -0.15) is 0 Å². The minimum absolute atomic E-state index is 0.294. The highest BCUT2D eigenvalue weighted by Gasteiger charge is 2.13. The van der Waals surface area contributed by atoms with Crippen molar-refractivity contribution in [3.05, 3.63) is 34.9 Å². The van der Waals surface area contributed by atoms with Gasteiger partial charge in [-0.1, -0.05) is 76.8 Å². The molecule has 3 nitrogen and oxygen atoms in total. The lowest BCUT2D eigenvalue weighted by molar-refractivity contribution is -0.138. The van der Waals surface area contributed by atoms with Crippen LogP contribution in [0.1, 0.15) is 88.4 Å². The third-order valence-corrected chi connectivity index (χ3v) is 4.67. The zero-order valence-electron chi connectivity index (χ0n) is 15.6. The van der Waals surface area contributed by atoms with E-state index in [0.29, 0.717) is 22.9 Å². The molecule has 0 bridgehead atoms. The maximum absolute atomic E-state index is 11.8. The zero-order chi connectivity index (χ0) is 18.5. The molecule has 0 spiro atoms. The number of esters is 2. The SMILES string of the molecule is CCCCCCCC(C)CCCCC(=O)OC(=O)c1ccc(Cl)cc1. The number of halogens is 1. The summed E-state index contributed by atoms with van der Waals surface area (Å²) >= 11 is 5.77. The van der Waals surface area contributed by atoms with E-state index in [1.165, 1.54) is 38.5 Å². The first kappa shape index (κ1) is 21.7. The van der Waals surface area contributed by atoms with Gasteiger partial charge in [-0.3, -0.25) is 4.79 Å². The van der Waals surface area contributed by atoms with Crippen LogP contribution >= 0.6 is 11.6 Å². The number of benzene rings is 1. The molecule has 140 valence electrons. The van der Waals surface area contributed by atoms with E-state index in [0.717, 1.165) is 19.3 Å². The molecule has 0 amide bonds. The molecule has 0 fully saturated rings. The highest BCUT2D eigenvalue weighted by molar-refractivity contribution is 6.30. The Hall–Kier alpha value is -1.35. The average Bonchev–Trinajstić information content (AvgIpc) is 2.59. The Labute approximate surface area is 157 Å². The molecule has 1 rings (SSSR count). The zero-order valence-corrected chi connectivity index (χ0v) is 16.3. The van der Waals surface area contributed by atoms with Crippen LogP contribution in [0.15, 0.2) is 24.3 Å². The smallest absolute Gasteiger partial charge is 0.345 e. The maximum Gasteiger partial charge on any atom is 0.345 e. The summed E-state index contributed by atoms with van der Waals surface area (Å²) in [7, 11) is 0. The normalized spacial score (nSPS) is 12.0. The van der Waals surface area contributed by atoms with Crippen molar-refractivity contribution in [3.63, 3.8) is 0 Å². The van der Waals surface area contributed by atoms with Crippen molar-refractivity contribution >= 4 is 23.5 Å². The molecule has 0 aliphatic carbocycles. The molecule has 25 heavy (non-hydrogen) atoms. The summed E-state index contributed by atoms with van der Waals surface area (Å²) in [4.78, 5) is 23.6. The molecule has 0 radical (unpaired) electrons. The Bertz CT molecular complexity index is 510. The van der Waals surface area contributed by atoms with Crippen LogP contribution in [0.25, 0.3) is 0 Å². The Morgan fingerprint density at radius 2 is 1.56 bits per heavy atom. The third-order valence-electron chi connectivity index (χ3n) is 4.41. The first-order valence-corrected chi connectivity index (χ1v) is 9.91. The predicted molar refractivity (Wildman–Crippen MR) is 103 cm³/mol. The van der Waals surface area contributed by atoms with E-state index in [1.807, 2.05) is 0 Å². The van der Waals surface area contributed by atoms with E-state index in [4.69, 9.17) is 16.3 Å². The fourth-order valence-electron chi connectivity index (χ4n) is 2.80. The summed E-state index contributed by atoms with van der Waals surface area (Å²) in [6.07, 6.45) is 11.1. The Morgan fingerprint density at radius 3 is 2.20 bits per heavy atom. The minimum Gasteiger partial charge on any atom is -0.389 e. The van der Waals surface area contributed by atoms with Crippen LogP contribution in [-0.2, 0) is 9.53 Å². The molecule has 0 aliphatic rings. The molecule has 0 saturated carbocycles. The van der Waals surface area contributed by atoms with E-state index in [2.05, 4.69) is 13.8 Å². The van der Waals surface area contributed by atoms with Crippen molar-refractivity contribution < 1.29 is 14.3 Å². The molecule has 1 aromatic carbocycles. The van der Waals surface area contributed by atoms with E-state index in [-0.39, 0.29) is 0 Å². The Morgan fingerprint density at radius 1 is 0.960 bits per heavy atom. The van der Waals surface area contributed by atoms with Crippen molar-refractivity contribution in [2.24, 2.45) is 5.92 Å². The van der Waals surface area contributed by atoms with Crippen LogP contribution in [0, 0.1) is 5.92 Å². The molecule has 0 aliphatic heterocycles. The van der Waals surface area contributed by atoms with Gasteiger partial charge in [-0.25, -0.2) is 4.79 Å². The monoisotopic (exact) mass is 366 g/mol. The standard InChI is InChI=1S/C21H31ClO3/c1-3-4-5-6-7-10-17(2)11-8-9-12-20(23)25-21(24)18-13-15-19(22)16-14-18/h13-17H,3-12H2,1-2H3. The molecule has 0 heterocycles. The second kappa shape index (κ2) is 12.9. The Balaban J connectivity index is 2.10. The molecule has 1 aromatic rings. The summed E-state index contributed by atoms with van der Waals surface area (Å²) < 4.78 is 4.86. The summed E-state index contributed by atoms with van der Waals surface area (Å²) in [5, 5.41) is 0.544. The molecule has 1 unspecified atom stereocenters. The van der Waals surface area contributed by atoms with E-state index in [9.17, 15) is 9.59 Å². The van der Waals surface area contributed by atoms with Crippen LogP contribution < -0.4 is 0 Å². The highest BCUT2D eigenvalue weighted by atomic mass is 35.5. The van der Waals surface area contributed by atoms with Gasteiger partial charge in [0, 0.05) is 11.4 Å². The van der Waals surface area contributed by atoms with Gasteiger partial charge in [-0.05, 0) is 36.6 Å². The molecular weight excluding hydrogens is 336 g/mol. The van der Waals surface area contributed by atoms with Gasteiger partial charge in [0.15, 0.2) is 0 Å². The minimum atomic E-state index is -0.609. The van der Waals surface area contributed by atoms with Crippen molar-refractivity contribution in [2.75, 3.05) is 0 Å². The van der Waals surface area contributed by atoms with Crippen LogP contribution in [0.2, 0.25) is 5.02 Å². The first-order chi connectivity index (χ1) is 12.0. The molecule has 1 atom stereocenters. The fraction of sp³-hybridized carbons (Fsp3) is 0.619. The Kier molecular flexibility index (Phi) is 11.2. The van der Waals surface area contributed by atoms with Crippen molar-refractivity contribution in [3.8, 4) is 0 Å². The number of hydrogen-bond acceptors (Lipinski definition) is 3. The van der Waals surface area contributed by atoms with Gasteiger partial charge in [0.2, 0.25) is 0 Å². The number of unbranched alkanes of at least 4 members (excludes halogenated alkanes) is 5. The molecule has 0 aromatic heterocycles. The highest BCUT2D eigenvalue weighted by Crippen LogP contribution is 2.18. The van der Waals surface area contributed by atoms with E-state index < -0.39 is 11.9 Å². The second-order valence-corrected chi connectivity index (χ2v) is 7.26. The lowest BCUT2D eigenvalue weighted by atomic mass is 9.96. The molecule has 4 heteroatoms. The van der Waals surface area contributed by atoms with E-state index >= 15 is 0 Å². The molecule has 0 saturated heterocycles. The first-order valence-electron chi connectivity index (χ1n) is 9.53. The third kappa shape index (κ3) is 10.3. The van der Waals surface area contributed by atoms with Gasteiger partial charge >= 0.3 is 11.9 Å². The number of carbonyl (C=O) groups excluding carboxylic acids is 2. The van der Waals surface area contributed by atoms with Gasteiger partial charge in [0.1, 0.15) is 0 Å². The van der Waals surface area contributed by atoms with Crippen LogP contribution in [0.4, 0.5) is 0 Å². The van der Waals surface area contributed by atoms with Crippen molar-refractivity contribution in [1.82, 2.24) is 0 Å². The van der Waals surface area contributed by atoms with Crippen molar-refractivity contribution in [1.29, 1.82) is 0 Å². The van der Waals surface area contributed by atoms with Crippen molar-refractivity contribution in [2.45, 2.75) is 78.1 Å². The number of carbonyl (C=O) groups is 2. The summed E-state index contributed by atoms with van der Waals surface area (Å²) in [5.41, 5.74) is 0.342. The van der Waals surface area contributed by atoms with Gasteiger partial charge in [-0.15, -0.1) is 0 Å². The molecular formula is C21H31ClO3. The number of hydrogen-bond donors (Lipinski definition) is 0. The second-order valence-electron chi connectivity index (χ2n) is 6.82. The van der Waals surface area contributed by atoms with Crippen LogP contribution in [-0.4, -0.2) is 11.9 Å². The number of rotatable bonds is 12. The molecule has 0 N–H and O–H groups in total. The van der Waals surface area contributed by atoms with Crippen LogP contribution in [0.3, 0.4) is 0 Å².